The molecule has 4 nitrogen and oxygen atoms in total. The molecule has 1 aliphatic heterocycles. The molecule has 0 aromatic rings. The molecule has 1 aliphatic rings. The first-order valence-corrected chi connectivity index (χ1v) is 3.87. The van der Waals surface area contributed by atoms with E-state index in [1.165, 1.54) is 0 Å². The van der Waals surface area contributed by atoms with E-state index < -0.39 is 6.10 Å². The summed E-state index contributed by atoms with van der Waals surface area (Å²) in [6.45, 7) is 4.78. The van der Waals surface area contributed by atoms with Crippen LogP contribution in [0.5, 0.6) is 0 Å². The molecule has 0 saturated carbocycles. The summed E-state index contributed by atoms with van der Waals surface area (Å²) in [7, 11) is 0. The van der Waals surface area contributed by atoms with Crippen LogP contribution in [0.2, 0.25) is 0 Å². The second-order valence-electron chi connectivity index (χ2n) is 3.00. The van der Waals surface area contributed by atoms with Crippen molar-refractivity contribution in [1.82, 2.24) is 5.48 Å². The van der Waals surface area contributed by atoms with E-state index >= 15 is 0 Å². The molecular formula is C7H15NO3. The highest BCUT2D eigenvalue weighted by molar-refractivity contribution is 4.77. The van der Waals surface area contributed by atoms with Gasteiger partial charge in [-0.1, -0.05) is 0 Å². The van der Waals surface area contributed by atoms with Crippen LogP contribution in [0.25, 0.3) is 0 Å². The second-order valence-corrected chi connectivity index (χ2v) is 3.00. The Morgan fingerprint density at radius 3 is 2.73 bits per heavy atom. The summed E-state index contributed by atoms with van der Waals surface area (Å²) < 4.78 is 5.01. The van der Waals surface area contributed by atoms with E-state index in [0.717, 1.165) is 0 Å². The van der Waals surface area contributed by atoms with Crippen molar-refractivity contribution < 1.29 is 14.7 Å². The predicted octanol–water partition coefficient (Wildman–Crippen LogP) is -0.324. The number of hydrogen-bond donors (Lipinski definition) is 2. The van der Waals surface area contributed by atoms with Gasteiger partial charge in [0.15, 0.2) is 0 Å². The lowest BCUT2D eigenvalue weighted by atomic mass is 10.2. The average Bonchev–Trinajstić information content (AvgIpc) is 2.31. The van der Waals surface area contributed by atoms with E-state index in [-0.39, 0.29) is 12.1 Å². The minimum absolute atomic E-state index is 0.0719. The van der Waals surface area contributed by atoms with Crippen molar-refractivity contribution in [1.29, 1.82) is 0 Å². The first-order valence-electron chi connectivity index (χ1n) is 3.87. The van der Waals surface area contributed by atoms with Crippen molar-refractivity contribution in [3.63, 3.8) is 0 Å². The molecule has 0 amide bonds. The lowest BCUT2D eigenvalue weighted by Crippen LogP contribution is -2.40. The monoisotopic (exact) mass is 161 g/mol. The predicted molar refractivity (Wildman–Crippen MR) is 40.0 cm³/mol. The Morgan fingerprint density at radius 1 is 1.55 bits per heavy atom. The summed E-state index contributed by atoms with van der Waals surface area (Å²) in [5, 5.41) is 9.23. The molecule has 0 aliphatic carbocycles. The van der Waals surface area contributed by atoms with Gasteiger partial charge in [-0.15, -0.1) is 0 Å². The highest BCUT2D eigenvalue weighted by Gasteiger charge is 2.26. The van der Waals surface area contributed by atoms with Gasteiger partial charge in [0.05, 0.1) is 31.5 Å². The largest absolute Gasteiger partial charge is 0.389 e. The number of ether oxygens (including phenoxy) is 1. The summed E-state index contributed by atoms with van der Waals surface area (Å²) >= 11 is 0. The van der Waals surface area contributed by atoms with Crippen molar-refractivity contribution in [3.8, 4) is 0 Å². The number of hydroxylamine groups is 1. The van der Waals surface area contributed by atoms with Crippen molar-refractivity contribution in [2.45, 2.75) is 32.1 Å². The highest BCUT2D eigenvalue weighted by Crippen LogP contribution is 2.04. The maximum Gasteiger partial charge on any atom is 0.0971 e. The normalized spacial score (nSPS) is 31.6. The number of rotatable bonds is 3. The summed E-state index contributed by atoms with van der Waals surface area (Å²) in [6.07, 6.45) is -0.309. The van der Waals surface area contributed by atoms with Crippen LogP contribution in [-0.4, -0.2) is 36.6 Å². The zero-order chi connectivity index (χ0) is 8.27. The van der Waals surface area contributed by atoms with Gasteiger partial charge in [0.25, 0.3) is 0 Å². The molecule has 4 heteroatoms. The van der Waals surface area contributed by atoms with Crippen LogP contribution in [0.4, 0.5) is 0 Å². The van der Waals surface area contributed by atoms with Crippen molar-refractivity contribution in [3.05, 3.63) is 0 Å². The van der Waals surface area contributed by atoms with Crippen LogP contribution in [0.1, 0.15) is 13.8 Å². The number of aliphatic hydroxyl groups excluding tert-OH is 1. The number of hydrogen-bond acceptors (Lipinski definition) is 4. The molecule has 1 fully saturated rings. The summed E-state index contributed by atoms with van der Waals surface area (Å²) in [4.78, 5) is 5.11. The maximum atomic E-state index is 9.23. The minimum Gasteiger partial charge on any atom is -0.389 e. The Kier molecular flexibility index (Phi) is 3.26. The topological polar surface area (TPSA) is 50.7 Å². The van der Waals surface area contributed by atoms with Crippen LogP contribution in [0.15, 0.2) is 0 Å². The van der Waals surface area contributed by atoms with Crippen LogP contribution in [0.3, 0.4) is 0 Å². The van der Waals surface area contributed by atoms with Crippen molar-refractivity contribution in [2.75, 3.05) is 13.2 Å². The fourth-order valence-electron chi connectivity index (χ4n) is 0.879. The van der Waals surface area contributed by atoms with Gasteiger partial charge in [0.1, 0.15) is 0 Å². The molecular weight excluding hydrogens is 146 g/mol. The molecule has 2 atom stereocenters. The van der Waals surface area contributed by atoms with E-state index in [1.54, 1.807) is 0 Å². The van der Waals surface area contributed by atoms with Gasteiger partial charge in [-0.25, -0.2) is 0 Å². The zero-order valence-corrected chi connectivity index (χ0v) is 6.91. The molecule has 1 rings (SSSR count). The summed E-state index contributed by atoms with van der Waals surface area (Å²) in [5.41, 5.74) is 2.76. The standard InChI is InChI=1S/C7H15NO3/c1-5(2)11-8-6-3-10-4-7(6)9/h5-9H,3-4H2,1-2H3. The Bertz CT molecular complexity index is 118. The van der Waals surface area contributed by atoms with Gasteiger partial charge in [-0.3, -0.25) is 4.84 Å². The molecule has 66 valence electrons. The smallest absolute Gasteiger partial charge is 0.0971 e. The first kappa shape index (κ1) is 8.93. The lowest BCUT2D eigenvalue weighted by molar-refractivity contribution is -0.0432. The van der Waals surface area contributed by atoms with Crippen LogP contribution in [-0.2, 0) is 9.57 Å². The molecule has 1 heterocycles. The lowest BCUT2D eigenvalue weighted by Gasteiger charge is -2.15. The van der Waals surface area contributed by atoms with Crippen LogP contribution < -0.4 is 5.48 Å². The van der Waals surface area contributed by atoms with E-state index in [2.05, 4.69) is 5.48 Å². The summed E-state index contributed by atoms with van der Waals surface area (Å²) in [5.74, 6) is 0. The second kappa shape index (κ2) is 4.01. The van der Waals surface area contributed by atoms with Gasteiger partial charge in [0, 0.05) is 0 Å². The third-order valence-corrected chi connectivity index (χ3v) is 1.51. The van der Waals surface area contributed by atoms with Crippen LogP contribution in [0, 0.1) is 0 Å². The molecule has 11 heavy (non-hydrogen) atoms. The first-order chi connectivity index (χ1) is 5.20. The minimum atomic E-state index is -0.436. The average molecular weight is 161 g/mol. The molecule has 2 unspecified atom stereocenters. The van der Waals surface area contributed by atoms with Gasteiger partial charge >= 0.3 is 0 Å². The van der Waals surface area contributed by atoms with Gasteiger partial charge in [-0.2, -0.15) is 5.48 Å². The van der Waals surface area contributed by atoms with Crippen LogP contribution >= 0.6 is 0 Å². The van der Waals surface area contributed by atoms with E-state index in [4.69, 9.17) is 9.57 Å². The Morgan fingerprint density at radius 2 is 2.27 bits per heavy atom. The van der Waals surface area contributed by atoms with E-state index in [9.17, 15) is 5.11 Å². The van der Waals surface area contributed by atoms with E-state index in [0.29, 0.717) is 13.2 Å². The zero-order valence-electron chi connectivity index (χ0n) is 6.91. The molecule has 0 bridgehead atoms. The molecule has 2 N–H and O–H groups in total. The molecule has 0 aromatic heterocycles. The molecule has 0 aromatic carbocycles. The Hall–Kier alpha value is -0.160. The quantitative estimate of drug-likeness (QED) is 0.557. The molecule has 0 radical (unpaired) electrons. The van der Waals surface area contributed by atoms with Gasteiger partial charge < -0.3 is 9.84 Å². The molecule has 0 spiro atoms. The molecule has 1 saturated heterocycles. The van der Waals surface area contributed by atoms with Crippen molar-refractivity contribution in [2.24, 2.45) is 0 Å². The number of aliphatic hydroxyl groups is 1. The Labute approximate surface area is 66.4 Å². The Balaban J connectivity index is 2.15. The van der Waals surface area contributed by atoms with Gasteiger partial charge in [-0.05, 0) is 13.8 Å². The van der Waals surface area contributed by atoms with Gasteiger partial charge in [0.2, 0.25) is 0 Å². The van der Waals surface area contributed by atoms with Crippen molar-refractivity contribution >= 4 is 0 Å². The summed E-state index contributed by atoms with van der Waals surface area (Å²) in [6, 6.07) is -0.0719. The maximum absolute atomic E-state index is 9.23. The number of nitrogens with one attached hydrogen (secondary N) is 1. The van der Waals surface area contributed by atoms with E-state index in [1.807, 2.05) is 13.8 Å². The third kappa shape index (κ3) is 2.75. The fourth-order valence-corrected chi connectivity index (χ4v) is 0.879. The fraction of sp³-hybridized carbons (Fsp3) is 1.00. The SMILES string of the molecule is CC(C)ONC1COCC1O. The third-order valence-electron chi connectivity index (χ3n) is 1.51. The highest BCUT2D eigenvalue weighted by atomic mass is 16.7.